The van der Waals surface area contributed by atoms with Crippen molar-refractivity contribution in [1.29, 1.82) is 0 Å². The number of hydrogen-bond donors (Lipinski definition) is 2. The number of benzene rings is 1. The lowest BCUT2D eigenvalue weighted by atomic mass is 9.90. The molecule has 0 radical (unpaired) electrons. The topological polar surface area (TPSA) is 110 Å². The molecular formula is C24H22ClFN4O4. The zero-order valence-electron chi connectivity index (χ0n) is 18.3. The quantitative estimate of drug-likeness (QED) is 0.424. The standard InChI is InChI=1S/C24H22ClFN4O4/c1-12-19-21(29-34-12)20-16(25)6-3-7-17(20)30(24(19)33)15-5-2-4-14(10-15)28-23(32)22(31)13-8-9-18(26)27-11-13/h3,6-9,11,14-15,22,31H,2,4-5,10H2,1H3,(H,28,32)/t14-,15+,22+/m1/s1. The fraction of sp³-hybridized carbons (Fsp3) is 0.333. The molecule has 1 amide bonds. The Morgan fingerprint density at radius 1 is 1.29 bits per heavy atom. The van der Waals surface area contributed by atoms with Gasteiger partial charge in [-0.1, -0.05) is 22.8 Å². The van der Waals surface area contributed by atoms with Crippen molar-refractivity contribution in [1.82, 2.24) is 20.0 Å². The van der Waals surface area contributed by atoms with E-state index in [9.17, 15) is 19.1 Å². The van der Waals surface area contributed by atoms with Gasteiger partial charge in [0.2, 0.25) is 5.95 Å². The van der Waals surface area contributed by atoms with Gasteiger partial charge in [0.1, 0.15) is 16.7 Å². The molecule has 3 aromatic heterocycles. The van der Waals surface area contributed by atoms with Crippen LogP contribution in [0.3, 0.4) is 0 Å². The van der Waals surface area contributed by atoms with Crippen molar-refractivity contribution >= 4 is 39.3 Å². The summed E-state index contributed by atoms with van der Waals surface area (Å²) in [5.74, 6) is -0.860. The van der Waals surface area contributed by atoms with E-state index in [2.05, 4.69) is 15.5 Å². The number of aliphatic hydroxyl groups is 1. The van der Waals surface area contributed by atoms with Crippen LogP contribution in [0.4, 0.5) is 4.39 Å². The number of halogens is 2. The fourth-order valence-corrected chi connectivity index (χ4v) is 5.10. The molecule has 8 nitrogen and oxygen atoms in total. The van der Waals surface area contributed by atoms with E-state index in [0.717, 1.165) is 25.1 Å². The summed E-state index contributed by atoms with van der Waals surface area (Å²) in [7, 11) is 0. The number of rotatable bonds is 4. The number of carbonyl (C=O) groups is 1. The Bertz CT molecular complexity index is 1450. The molecular weight excluding hydrogens is 463 g/mol. The van der Waals surface area contributed by atoms with Crippen molar-refractivity contribution in [3.05, 3.63) is 69.2 Å². The first-order valence-electron chi connectivity index (χ1n) is 11.0. The van der Waals surface area contributed by atoms with E-state index in [1.54, 1.807) is 23.6 Å². The van der Waals surface area contributed by atoms with Crippen LogP contribution in [-0.2, 0) is 4.79 Å². The summed E-state index contributed by atoms with van der Waals surface area (Å²) in [6, 6.07) is 7.33. The minimum Gasteiger partial charge on any atom is -0.378 e. The molecule has 1 aliphatic rings. The summed E-state index contributed by atoms with van der Waals surface area (Å²) in [6.45, 7) is 1.69. The van der Waals surface area contributed by atoms with Crippen molar-refractivity contribution in [3.8, 4) is 0 Å². The highest BCUT2D eigenvalue weighted by molar-refractivity contribution is 6.37. The minimum atomic E-state index is -1.47. The summed E-state index contributed by atoms with van der Waals surface area (Å²) in [5, 5.41) is 18.8. The van der Waals surface area contributed by atoms with Gasteiger partial charge in [-0.15, -0.1) is 0 Å². The summed E-state index contributed by atoms with van der Waals surface area (Å²) in [6.07, 6.45) is 2.39. The van der Waals surface area contributed by atoms with Crippen LogP contribution in [0.25, 0.3) is 21.8 Å². The predicted octanol–water partition coefficient (Wildman–Crippen LogP) is 3.97. The number of carbonyl (C=O) groups excluding carboxylic acids is 1. The Kier molecular flexibility index (Phi) is 5.83. The molecule has 0 saturated heterocycles. The van der Waals surface area contributed by atoms with Gasteiger partial charge in [0.15, 0.2) is 6.10 Å². The minimum absolute atomic E-state index is 0.198. The molecule has 10 heteroatoms. The number of nitrogens with zero attached hydrogens (tertiary/aromatic N) is 3. The zero-order chi connectivity index (χ0) is 24.0. The van der Waals surface area contributed by atoms with Crippen LogP contribution >= 0.6 is 11.6 Å². The van der Waals surface area contributed by atoms with Crippen molar-refractivity contribution in [2.75, 3.05) is 0 Å². The summed E-state index contributed by atoms with van der Waals surface area (Å²) < 4.78 is 20.1. The number of aromatic nitrogens is 3. The van der Waals surface area contributed by atoms with Crippen LogP contribution in [0.15, 0.2) is 45.8 Å². The molecule has 0 unspecified atom stereocenters. The fourth-order valence-electron chi connectivity index (χ4n) is 4.85. The average Bonchev–Trinajstić information content (AvgIpc) is 3.21. The van der Waals surface area contributed by atoms with Crippen LogP contribution < -0.4 is 10.9 Å². The van der Waals surface area contributed by atoms with Crippen molar-refractivity contribution < 1.29 is 18.8 Å². The summed E-state index contributed by atoms with van der Waals surface area (Å²) in [5.41, 5.74) is 1.10. The summed E-state index contributed by atoms with van der Waals surface area (Å²) >= 11 is 6.50. The molecule has 0 aliphatic heterocycles. The van der Waals surface area contributed by atoms with Crippen molar-refractivity contribution in [3.63, 3.8) is 0 Å². The highest BCUT2D eigenvalue weighted by atomic mass is 35.5. The van der Waals surface area contributed by atoms with Gasteiger partial charge in [0.25, 0.3) is 11.5 Å². The number of pyridine rings is 2. The van der Waals surface area contributed by atoms with E-state index in [4.69, 9.17) is 16.1 Å². The molecule has 2 N–H and O–H groups in total. The van der Waals surface area contributed by atoms with Crippen molar-refractivity contribution in [2.45, 2.75) is 50.8 Å². The van der Waals surface area contributed by atoms with E-state index in [1.165, 1.54) is 6.07 Å². The molecule has 1 aromatic carbocycles. The van der Waals surface area contributed by atoms with Crippen LogP contribution in [-0.4, -0.2) is 31.8 Å². The van der Waals surface area contributed by atoms with Crippen LogP contribution in [0.1, 0.15) is 49.2 Å². The predicted molar refractivity (Wildman–Crippen MR) is 124 cm³/mol. The number of amides is 1. The second kappa shape index (κ2) is 8.81. The lowest BCUT2D eigenvalue weighted by Gasteiger charge is -2.32. The Hall–Kier alpha value is -3.30. The number of aliphatic hydroxyl groups excluding tert-OH is 1. The molecule has 5 rings (SSSR count). The van der Waals surface area contributed by atoms with E-state index in [-0.39, 0.29) is 23.2 Å². The van der Waals surface area contributed by atoms with Gasteiger partial charge in [-0.05, 0) is 56.9 Å². The molecule has 4 aromatic rings. The largest absolute Gasteiger partial charge is 0.378 e. The summed E-state index contributed by atoms with van der Waals surface area (Å²) in [4.78, 5) is 29.7. The van der Waals surface area contributed by atoms with Gasteiger partial charge < -0.3 is 19.5 Å². The maximum absolute atomic E-state index is 13.5. The monoisotopic (exact) mass is 484 g/mol. The number of hydrogen-bond acceptors (Lipinski definition) is 6. The van der Waals surface area contributed by atoms with E-state index < -0.39 is 18.0 Å². The van der Waals surface area contributed by atoms with Gasteiger partial charge in [-0.25, -0.2) is 4.98 Å². The number of nitrogens with one attached hydrogen (secondary N) is 1. The second-order valence-corrected chi connectivity index (χ2v) is 9.02. The normalized spacial score (nSPS) is 19.4. The first-order chi connectivity index (χ1) is 16.3. The number of fused-ring (bicyclic) bond motifs is 3. The molecule has 1 aliphatic carbocycles. The lowest BCUT2D eigenvalue weighted by molar-refractivity contribution is -0.130. The highest BCUT2D eigenvalue weighted by Gasteiger charge is 2.30. The van der Waals surface area contributed by atoms with Gasteiger partial charge in [0, 0.05) is 29.2 Å². The molecule has 3 atom stereocenters. The first kappa shape index (κ1) is 22.5. The third-order valence-electron chi connectivity index (χ3n) is 6.46. The van der Waals surface area contributed by atoms with Gasteiger partial charge in [0.05, 0.1) is 10.5 Å². The third-order valence-corrected chi connectivity index (χ3v) is 6.77. The van der Waals surface area contributed by atoms with E-state index in [1.807, 2.05) is 6.07 Å². The van der Waals surface area contributed by atoms with Crippen molar-refractivity contribution in [2.24, 2.45) is 0 Å². The smallest absolute Gasteiger partial charge is 0.264 e. The third kappa shape index (κ3) is 3.84. The highest BCUT2D eigenvalue weighted by Crippen LogP contribution is 2.35. The SMILES string of the molecule is Cc1onc2c1c(=O)n([C@H]1CCC[C@@H](NC(=O)[C@@H](O)c3ccc(F)nc3)C1)c1cccc(Cl)c21. The molecule has 0 bridgehead atoms. The van der Waals surface area contributed by atoms with E-state index in [0.29, 0.717) is 45.4 Å². The lowest BCUT2D eigenvalue weighted by Crippen LogP contribution is -2.42. The Morgan fingerprint density at radius 2 is 2.12 bits per heavy atom. The van der Waals surface area contributed by atoms with Crippen LogP contribution in [0.2, 0.25) is 5.02 Å². The van der Waals surface area contributed by atoms with E-state index >= 15 is 0 Å². The zero-order valence-corrected chi connectivity index (χ0v) is 19.1. The Balaban J connectivity index is 1.46. The number of aryl methyl sites for hydroxylation is 1. The molecule has 1 fully saturated rings. The van der Waals surface area contributed by atoms with Gasteiger partial charge >= 0.3 is 0 Å². The Labute approximate surface area is 198 Å². The average molecular weight is 485 g/mol. The molecule has 34 heavy (non-hydrogen) atoms. The molecule has 176 valence electrons. The van der Waals surface area contributed by atoms with Crippen LogP contribution in [0.5, 0.6) is 0 Å². The van der Waals surface area contributed by atoms with Gasteiger partial charge in [-0.3, -0.25) is 9.59 Å². The maximum atomic E-state index is 13.5. The van der Waals surface area contributed by atoms with Crippen LogP contribution in [0, 0.1) is 12.9 Å². The maximum Gasteiger partial charge on any atom is 0.264 e. The molecule has 1 saturated carbocycles. The first-order valence-corrected chi connectivity index (χ1v) is 11.4. The molecule has 3 heterocycles. The Morgan fingerprint density at radius 3 is 2.88 bits per heavy atom. The second-order valence-electron chi connectivity index (χ2n) is 8.61. The van der Waals surface area contributed by atoms with Gasteiger partial charge in [-0.2, -0.15) is 4.39 Å². The molecule has 0 spiro atoms.